The third-order valence-corrected chi connectivity index (χ3v) is 2.45. The van der Waals surface area contributed by atoms with E-state index in [-0.39, 0.29) is 11.1 Å². The van der Waals surface area contributed by atoms with Crippen LogP contribution in [0.15, 0.2) is 35.1 Å². The fourth-order valence-electron chi connectivity index (χ4n) is 1.67. The van der Waals surface area contributed by atoms with Crippen molar-refractivity contribution in [1.82, 2.24) is 10.2 Å². The molecule has 0 radical (unpaired) electrons. The van der Waals surface area contributed by atoms with E-state index < -0.39 is 17.3 Å². The van der Waals surface area contributed by atoms with Gasteiger partial charge in [0.05, 0.1) is 16.8 Å². The van der Waals surface area contributed by atoms with Crippen LogP contribution in [-0.2, 0) is 6.18 Å². The molecule has 18 heavy (non-hydrogen) atoms. The minimum atomic E-state index is -4.50. The molecule has 0 saturated carbocycles. The van der Waals surface area contributed by atoms with Gasteiger partial charge in [0.25, 0.3) is 5.56 Å². The number of alkyl halides is 3. The maximum absolute atomic E-state index is 12.8. The van der Waals surface area contributed by atoms with Gasteiger partial charge in [0, 0.05) is 0 Å². The molecule has 1 aromatic carbocycles. The Balaban J connectivity index is 2.72. The highest BCUT2D eigenvalue weighted by Crippen LogP contribution is 2.35. The Morgan fingerprint density at radius 2 is 1.83 bits per heavy atom. The fraction of sp³-hybridized carbons (Fsp3) is 0.167. The molecule has 0 unspecified atom stereocenters. The predicted octanol–water partition coefficient (Wildman–Crippen LogP) is 2.76. The van der Waals surface area contributed by atoms with Crippen molar-refractivity contribution in [3.05, 3.63) is 51.9 Å². The van der Waals surface area contributed by atoms with E-state index in [1.54, 1.807) is 6.92 Å². The van der Waals surface area contributed by atoms with Crippen LogP contribution in [0.1, 0.15) is 11.3 Å². The van der Waals surface area contributed by atoms with Crippen LogP contribution in [-0.4, -0.2) is 10.2 Å². The number of benzene rings is 1. The van der Waals surface area contributed by atoms with Gasteiger partial charge in [0.2, 0.25) is 0 Å². The molecule has 0 atom stereocenters. The van der Waals surface area contributed by atoms with Crippen molar-refractivity contribution >= 4 is 0 Å². The maximum Gasteiger partial charge on any atom is 0.417 e. The van der Waals surface area contributed by atoms with E-state index in [0.717, 1.165) is 6.07 Å². The summed E-state index contributed by atoms with van der Waals surface area (Å²) < 4.78 is 38.5. The molecule has 6 heteroatoms. The van der Waals surface area contributed by atoms with Gasteiger partial charge in [0.1, 0.15) is 0 Å². The van der Waals surface area contributed by atoms with Gasteiger partial charge in [-0.2, -0.15) is 18.3 Å². The molecule has 3 nitrogen and oxygen atoms in total. The molecule has 0 spiro atoms. The molecule has 0 bridgehead atoms. The largest absolute Gasteiger partial charge is 0.417 e. The summed E-state index contributed by atoms with van der Waals surface area (Å²) in [5, 5.41) is 5.81. The van der Waals surface area contributed by atoms with E-state index in [9.17, 15) is 18.0 Å². The Bertz CT molecular complexity index is 632. The molecule has 0 amide bonds. The minimum Gasteiger partial charge on any atom is -0.267 e. The zero-order valence-electron chi connectivity index (χ0n) is 9.38. The summed E-state index contributed by atoms with van der Waals surface area (Å²) in [5.41, 5.74) is -1.20. The molecule has 0 aliphatic carbocycles. The Hall–Kier alpha value is -2.11. The molecule has 0 saturated heterocycles. The molecule has 2 aromatic rings. The molecule has 0 aliphatic heterocycles. The zero-order chi connectivity index (χ0) is 13.3. The Kier molecular flexibility index (Phi) is 2.94. The van der Waals surface area contributed by atoms with Crippen LogP contribution in [0.3, 0.4) is 0 Å². The molecule has 0 aliphatic rings. The summed E-state index contributed by atoms with van der Waals surface area (Å²) in [5.74, 6) is 0. The molecule has 0 fully saturated rings. The third-order valence-electron chi connectivity index (χ3n) is 2.45. The average molecular weight is 254 g/mol. The lowest BCUT2D eigenvalue weighted by atomic mass is 10.0. The molecule has 1 aromatic heterocycles. The van der Waals surface area contributed by atoms with Crippen LogP contribution in [0.5, 0.6) is 0 Å². The fourth-order valence-corrected chi connectivity index (χ4v) is 1.67. The van der Waals surface area contributed by atoms with Crippen LogP contribution in [0.4, 0.5) is 13.2 Å². The smallest absolute Gasteiger partial charge is 0.267 e. The van der Waals surface area contributed by atoms with Crippen molar-refractivity contribution in [3.63, 3.8) is 0 Å². The van der Waals surface area contributed by atoms with E-state index in [1.807, 2.05) is 0 Å². The highest BCUT2D eigenvalue weighted by atomic mass is 19.4. The SMILES string of the molecule is Cc1cc(-c2ccccc2C(F)(F)F)c(=O)[nH]n1. The summed E-state index contributed by atoms with van der Waals surface area (Å²) in [4.78, 5) is 11.6. The average Bonchev–Trinajstić information content (AvgIpc) is 2.31. The van der Waals surface area contributed by atoms with Crippen LogP contribution in [0.2, 0.25) is 0 Å². The Labute approximate surface area is 100 Å². The second-order valence-corrected chi connectivity index (χ2v) is 3.80. The maximum atomic E-state index is 12.8. The standard InChI is InChI=1S/C12H9F3N2O/c1-7-6-9(11(18)17-16-7)8-4-2-3-5-10(8)12(13,14)15/h2-6H,1H3,(H,17,18). The predicted molar refractivity (Wildman–Crippen MR) is 60.0 cm³/mol. The number of halogens is 3. The summed E-state index contributed by atoms with van der Waals surface area (Å²) in [7, 11) is 0. The lowest BCUT2D eigenvalue weighted by Gasteiger charge is -2.12. The number of nitrogens with zero attached hydrogens (tertiary/aromatic N) is 1. The summed E-state index contributed by atoms with van der Waals surface area (Å²) in [6, 6.07) is 6.30. The van der Waals surface area contributed by atoms with E-state index in [1.165, 1.54) is 24.3 Å². The summed E-state index contributed by atoms with van der Waals surface area (Å²) >= 11 is 0. The number of aromatic nitrogens is 2. The lowest BCUT2D eigenvalue weighted by molar-refractivity contribution is -0.137. The van der Waals surface area contributed by atoms with E-state index in [0.29, 0.717) is 5.69 Å². The van der Waals surface area contributed by atoms with Crippen molar-refractivity contribution < 1.29 is 13.2 Å². The zero-order valence-corrected chi connectivity index (χ0v) is 9.38. The van der Waals surface area contributed by atoms with Crippen LogP contribution >= 0.6 is 0 Å². The number of H-pyrrole nitrogens is 1. The van der Waals surface area contributed by atoms with Crippen LogP contribution in [0.25, 0.3) is 11.1 Å². The normalized spacial score (nSPS) is 11.6. The second-order valence-electron chi connectivity index (χ2n) is 3.80. The molecule has 94 valence electrons. The number of hydrogen-bond acceptors (Lipinski definition) is 2. The van der Waals surface area contributed by atoms with Gasteiger partial charge in [-0.15, -0.1) is 0 Å². The Morgan fingerprint density at radius 3 is 2.50 bits per heavy atom. The topological polar surface area (TPSA) is 45.8 Å². The first-order valence-corrected chi connectivity index (χ1v) is 5.12. The molecular formula is C12H9F3N2O. The first kappa shape index (κ1) is 12.3. The van der Waals surface area contributed by atoms with Crippen LogP contribution < -0.4 is 5.56 Å². The highest BCUT2D eigenvalue weighted by Gasteiger charge is 2.33. The number of hydrogen-bond donors (Lipinski definition) is 1. The molecule has 1 N–H and O–H groups in total. The second kappa shape index (κ2) is 4.29. The van der Waals surface area contributed by atoms with Gasteiger partial charge in [-0.3, -0.25) is 4.79 Å². The summed E-state index contributed by atoms with van der Waals surface area (Å²) in [6.07, 6.45) is -4.50. The molecule has 1 heterocycles. The van der Waals surface area contributed by atoms with E-state index in [2.05, 4.69) is 10.2 Å². The Morgan fingerprint density at radius 1 is 1.17 bits per heavy atom. The number of aryl methyl sites for hydroxylation is 1. The first-order valence-electron chi connectivity index (χ1n) is 5.12. The van der Waals surface area contributed by atoms with Gasteiger partial charge in [-0.1, -0.05) is 18.2 Å². The monoisotopic (exact) mass is 254 g/mol. The van der Waals surface area contributed by atoms with Gasteiger partial charge < -0.3 is 0 Å². The van der Waals surface area contributed by atoms with Crippen molar-refractivity contribution in [2.45, 2.75) is 13.1 Å². The van der Waals surface area contributed by atoms with E-state index in [4.69, 9.17) is 0 Å². The molecular weight excluding hydrogens is 245 g/mol. The van der Waals surface area contributed by atoms with E-state index >= 15 is 0 Å². The quantitative estimate of drug-likeness (QED) is 0.850. The number of rotatable bonds is 1. The van der Waals surface area contributed by atoms with Gasteiger partial charge in [-0.05, 0) is 24.6 Å². The van der Waals surface area contributed by atoms with Crippen molar-refractivity contribution in [3.8, 4) is 11.1 Å². The van der Waals surface area contributed by atoms with Gasteiger partial charge >= 0.3 is 6.18 Å². The number of aromatic amines is 1. The van der Waals surface area contributed by atoms with Crippen molar-refractivity contribution in [2.75, 3.05) is 0 Å². The summed E-state index contributed by atoms with van der Waals surface area (Å²) in [6.45, 7) is 1.59. The number of nitrogens with one attached hydrogen (secondary N) is 1. The van der Waals surface area contributed by atoms with Gasteiger partial charge in [0.15, 0.2) is 0 Å². The lowest BCUT2D eigenvalue weighted by Crippen LogP contribution is -2.15. The van der Waals surface area contributed by atoms with Crippen LogP contribution in [0, 0.1) is 6.92 Å². The first-order chi connectivity index (χ1) is 8.39. The van der Waals surface area contributed by atoms with Crippen molar-refractivity contribution in [2.24, 2.45) is 0 Å². The third kappa shape index (κ3) is 2.27. The van der Waals surface area contributed by atoms with Gasteiger partial charge in [-0.25, -0.2) is 5.10 Å². The van der Waals surface area contributed by atoms with Crippen molar-refractivity contribution in [1.29, 1.82) is 0 Å². The minimum absolute atomic E-state index is 0.0320. The molecule has 2 rings (SSSR count). The highest BCUT2D eigenvalue weighted by molar-refractivity contribution is 5.67.